The minimum absolute atomic E-state index is 0. The Kier molecular flexibility index (Phi) is 11.4. The number of hydrogen-bond acceptors (Lipinski definition) is 4. The first-order chi connectivity index (χ1) is 12.1. The Morgan fingerprint density at radius 1 is 1.31 bits per heavy atom. The zero-order valence-electron chi connectivity index (χ0n) is 17.1. The summed E-state index contributed by atoms with van der Waals surface area (Å²) in [4.78, 5) is 6.78. The van der Waals surface area contributed by atoms with Gasteiger partial charge in [0, 0.05) is 38.9 Å². The van der Waals surface area contributed by atoms with Gasteiger partial charge >= 0.3 is 0 Å². The van der Waals surface area contributed by atoms with Crippen LogP contribution in [0.3, 0.4) is 0 Å². The Hall–Kier alpha value is -0.120. The summed E-state index contributed by atoms with van der Waals surface area (Å²) in [5, 5.41) is 6.96. The van der Waals surface area contributed by atoms with Crippen LogP contribution in [0.4, 0.5) is 0 Å². The summed E-state index contributed by atoms with van der Waals surface area (Å²) in [6.45, 7) is 6.56. The maximum Gasteiger partial charge on any atom is 0.191 e. The molecule has 1 aliphatic carbocycles. The van der Waals surface area contributed by atoms with Gasteiger partial charge in [-0.05, 0) is 45.7 Å². The Labute approximate surface area is 176 Å². The van der Waals surface area contributed by atoms with E-state index in [0.29, 0.717) is 6.10 Å². The van der Waals surface area contributed by atoms with E-state index in [-0.39, 0.29) is 29.5 Å². The van der Waals surface area contributed by atoms with Gasteiger partial charge < -0.3 is 25.0 Å². The third-order valence-corrected chi connectivity index (χ3v) is 5.68. The fourth-order valence-electron chi connectivity index (χ4n) is 4.00. The SMILES string of the molecule is CN=C(NCCCOC1CCOC1)NCC1(N(C)C)CCCC(C)C1.I. The second-order valence-electron chi connectivity index (χ2n) is 7.88. The average molecular weight is 482 g/mol. The molecular formula is C19H39IN4O2. The van der Waals surface area contributed by atoms with Crippen LogP contribution in [-0.4, -0.2) is 76.6 Å². The average Bonchev–Trinajstić information content (AvgIpc) is 3.10. The lowest BCUT2D eigenvalue weighted by molar-refractivity contribution is 0.0419. The number of guanidine groups is 1. The number of nitrogens with zero attached hydrogens (tertiary/aromatic N) is 2. The highest BCUT2D eigenvalue weighted by Gasteiger charge is 2.36. The second-order valence-corrected chi connectivity index (χ2v) is 7.88. The van der Waals surface area contributed by atoms with Crippen molar-refractivity contribution in [2.75, 3.05) is 54.1 Å². The molecular weight excluding hydrogens is 443 g/mol. The van der Waals surface area contributed by atoms with E-state index in [9.17, 15) is 0 Å². The van der Waals surface area contributed by atoms with E-state index in [1.165, 1.54) is 25.7 Å². The van der Waals surface area contributed by atoms with Crippen LogP contribution in [0.2, 0.25) is 0 Å². The van der Waals surface area contributed by atoms with Crippen LogP contribution in [0.1, 0.15) is 45.4 Å². The van der Waals surface area contributed by atoms with Crippen molar-refractivity contribution >= 4 is 29.9 Å². The summed E-state index contributed by atoms with van der Waals surface area (Å²) >= 11 is 0. The van der Waals surface area contributed by atoms with Crippen LogP contribution in [0, 0.1) is 5.92 Å². The van der Waals surface area contributed by atoms with Crippen molar-refractivity contribution in [2.24, 2.45) is 10.9 Å². The molecule has 1 heterocycles. The van der Waals surface area contributed by atoms with Crippen LogP contribution >= 0.6 is 24.0 Å². The van der Waals surface area contributed by atoms with E-state index in [2.05, 4.69) is 41.5 Å². The highest BCUT2D eigenvalue weighted by Crippen LogP contribution is 2.35. The molecule has 1 saturated carbocycles. The second kappa shape index (κ2) is 12.4. The van der Waals surface area contributed by atoms with Gasteiger partial charge in [-0.25, -0.2) is 0 Å². The molecule has 1 aliphatic heterocycles. The third kappa shape index (κ3) is 7.48. The lowest BCUT2D eigenvalue weighted by Gasteiger charge is -2.45. The van der Waals surface area contributed by atoms with Gasteiger partial charge in [0.1, 0.15) is 0 Å². The van der Waals surface area contributed by atoms with Crippen molar-refractivity contribution < 1.29 is 9.47 Å². The fraction of sp³-hybridized carbons (Fsp3) is 0.947. The number of aliphatic imine (C=N–C) groups is 1. The third-order valence-electron chi connectivity index (χ3n) is 5.68. The number of hydrogen-bond donors (Lipinski definition) is 2. The molecule has 26 heavy (non-hydrogen) atoms. The number of nitrogens with one attached hydrogen (secondary N) is 2. The summed E-state index contributed by atoms with van der Waals surface area (Å²) in [5.74, 6) is 1.69. The summed E-state index contributed by atoms with van der Waals surface area (Å²) in [7, 11) is 6.26. The summed E-state index contributed by atoms with van der Waals surface area (Å²) < 4.78 is 11.1. The van der Waals surface area contributed by atoms with E-state index in [4.69, 9.17) is 9.47 Å². The van der Waals surface area contributed by atoms with Crippen molar-refractivity contribution in [1.82, 2.24) is 15.5 Å². The van der Waals surface area contributed by atoms with Crippen molar-refractivity contribution in [1.29, 1.82) is 0 Å². The van der Waals surface area contributed by atoms with Crippen LogP contribution < -0.4 is 10.6 Å². The zero-order chi connectivity index (χ0) is 18.1. The number of ether oxygens (including phenoxy) is 2. The van der Waals surface area contributed by atoms with Crippen molar-refractivity contribution in [3.8, 4) is 0 Å². The monoisotopic (exact) mass is 482 g/mol. The molecule has 0 aromatic carbocycles. The van der Waals surface area contributed by atoms with Gasteiger partial charge in [-0.15, -0.1) is 24.0 Å². The summed E-state index contributed by atoms with van der Waals surface area (Å²) in [6.07, 6.45) is 7.48. The topological polar surface area (TPSA) is 58.1 Å². The maximum atomic E-state index is 5.80. The molecule has 0 amide bonds. The quantitative estimate of drug-likeness (QED) is 0.241. The Morgan fingerprint density at radius 2 is 2.12 bits per heavy atom. The standard InChI is InChI=1S/C19H38N4O2.HI/c1-16-7-5-9-19(13-16,23(3)4)15-22-18(20-2)21-10-6-11-25-17-8-12-24-14-17;/h16-17H,5-15H2,1-4H3,(H2,20,21,22);1H. The predicted molar refractivity (Wildman–Crippen MR) is 119 cm³/mol. The number of rotatable bonds is 8. The highest BCUT2D eigenvalue weighted by molar-refractivity contribution is 14.0. The Bertz CT molecular complexity index is 416. The van der Waals surface area contributed by atoms with Gasteiger partial charge in [-0.1, -0.05) is 19.8 Å². The molecule has 6 nitrogen and oxygen atoms in total. The van der Waals surface area contributed by atoms with Crippen molar-refractivity contribution in [2.45, 2.75) is 57.1 Å². The first kappa shape index (κ1) is 23.9. The molecule has 3 unspecified atom stereocenters. The smallest absolute Gasteiger partial charge is 0.191 e. The minimum atomic E-state index is 0. The van der Waals surface area contributed by atoms with E-state index in [1.807, 2.05) is 7.05 Å². The van der Waals surface area contributed by atoms with Gasteiger partial charge in [0.25, 0.3) is 0 Å². The first-order valence-electron chi connectivity index (χ1n) is 9.87. The Morgan fingerprint density at radius 3 is 2.73 bits per heavy atom. The fourth-order valence-corrected chi connectivity index (χ4v) is 4.00. The molecule has 2 rings (SSSR count). The van der Waals surface area contributed by atoms with Crippen LogP contribution in [0.25, 0.3) is 0 Å². The van der Waals surface area contributed by atoms with Crippen LogP contribution in [0.5, 0.6) is 0 Å². The van der Waals surface area contributed by atoms with E-state index >= 15 is 0 Å². The lowest BCUT2D eigenvalue weighted by Crippen LogP contribution is -2.56. The summed E-state index contributed by atoms with van der Waals surface area (Å²) in [6, 6.07) is 0. The molecule has 154 valence electrons. The van der Waals surface area contributed by atoms with Gasteiger partial charge in [-0.2, -0.15) is 0 Å². The van der Waals surface area contributed by atoms with E-state index < -0.39 is 0 Å². The molecule has 0 spiro atoms. The molecule has 7 heteroatoms. The summed E-state index contributed by atoms with van der Waals surface area (Å²) in [5.41, 5.74) is 0.237. The molecule has 0 radical (unpaired) electrons. The molecule has 2 N–H and O–H groups in total. The minimum Gasteiger partial charge on any atom is -0.379 e. The van der Waals surface area contributed by atoms with Crippen molar-refractivity contribution in [3.05, 3.63) is 0 Å². The molecule has 1 saturated heterocycles. The van der Waals surface area contributed by atoms with Gasteiger partial charge in [0.05, 0.1) is 12.7 Å². The largest absolute Gasteiger partial charge is 0.379 e. The van der Waals surface area contributed by atoms with Crippen LogP contribution in [-0.2, 0) is 9.47 Å². The number of likely N-dealkylation sites (N-methyl/N-ethyl adjacent to an activating group) is 1. The van der Waals surface area contributed by atoms with Gasteiger partial charge in [0.15, 0.2) is 5.96 Å². The molecule has 0 aromatic heterocycles. The number of halogens is 1. The van der Waals surface area contributed by atoms with Gasteiger partial charge in [0.2, 0.25) is 0 Å². The highest BCUT2D eigenvalue weighted by atomic mass is 127. The lowest BCUT2D eigenvalue weighted by atomic mass is 9.75. The van der Waals surface area contributed by atoms with Crippen LogP contribution in [0.15, 0.2) is 4.99 Å². The first-order valence-corrected chi connectivity index (χ1v) is 9.87. The van der Waals surface area contributed by atoms with Crippen molar-refractivity contribution in [3.63, 3.8) is 0 Å². The molecule has 0 aromatic rings. The van der Waals surface area contributed by atoms with E-state index in [0.717, 1.165) is 57.6 Å². The molecule has 0 bridgehead atoms. The molecule has 2 aliphatic rings. The predicted octanol–water partition coefficient (Wildman–Crippen LogP) is 2.48. The Balaban J connectivity index is 0.00000338. The molecule has 2 fully saturated rings. The van der Waals surface area contributed by atoms with Gasteiger partial charge in [-0.3, -0.25) is 4.99 Å². The molecule has 3 atom stereocenters. The normalized spacial score (nSPS) is 29.5. The maximum absolute atomic E-state index is 5.80. The zero-order valence-corrected chi connectivity index (χ0v) is 19.4. The van der Waals surface area contributed by atoms with E-state index in [1.54, 1.807) is 0 Å².